The Balaban J connectivity index is 2.10. The number of aromatic nitrogens is 1. The number of pyridine rings is 1. The van der Waals surface area contributed by atoms with Crippen molar-refractivity contribution in [2.24, 2.45) is 5.73 Å². The predicted molar refractivity (Wildman–Crippen MR) is 72.4 cm³/mol. The summed E-state index contributed by atoms with van der Waals surface area (Å²) in [5, 5.41) is 10.7. The average Bonchev–Trinajstić information content (AvgIpc) is 2.31. The van der Waals surface area contributed by atoms with Gasteiger partial charge in [-0.3, -0.25) is 0 Å². The van der Waals surface area contributed by atoms with Gasteiger partial charge in [-0.2, -0.15) is 0 Å². The van der Waals surface area contributed by atoms with E-state index in [1.165, 1.54) is 0 Å². The standard InChI is InChI=1S/C11H15BrClN3O/c12-9-5-8(13)6-15-10(9)16-3-1-11(17,7-14)2-4-16/h5-6,17H,1-4,7,14H2. The molecule has 1 aliphatic heterocycles. The molecule has 1 aromatic rings. The first-order chi connectivity index (χ1) is 8.04. The molecule has 3 N–H and O–H groups in total. The molecule has 0 radical (unpaired) electrons. The highest BCUT2D eigenvalue weighted by atomic mass is 79.9. The maximum Gasteiger partial charge on any atom is 0.142 e. The van der Waals surface area contributed by atoms with Crippen molar-refractivity contribution in [2.45, 2.75) is 18.4 Å². The van der Waals surface area contributed by atoms with Crippen molar-refractivity contribution in [3.63, 3.8) is 0 Å². The Hall–Kier alpha value is -0.360. The fourth-order valence-electron chi connectivity index (χ4n) is 1.98. The van der Waals surface area contributed by atoms with Gasteiger partial charge in [0, 0.05) is 25.8 Å². The Kier molecular flexibility index (Phi) is 3.92. The summed E-state index contributed by atoms with van der Waals surface area (Å²) in [5.41, 5.74) is 4.85. The normalized spacial score (nSPS) is 19.4. The first-order valence-corrected chi connectivity index (χ1v) is 6.70. The van der Waals surface area contributed by atoms with Crippen molar-refractivity contribution in [3.8, 4) is 0 Å². The first-order valence-electron chi connectivity index (χ1n) is 5.52. The lowest BCUT2D eigenvalue weighted by Gasteiger charge is -2.38. The molecule has 1 fully saturated rings. The number of hydrogen-bond acceptors (Lipinski definition) is 4. The van der Waals surface area contributed by atoms with Crippen LogP contribution in [0.2, 0.25) is 5.02 Å². The third-order valence-electron chi connectivity index (χ3n) is 3.16. The van der Waals surface area contributed by atoms with Crippen LogP contribution in [0.25, 0.3) is 0 Å². The molecule has 6 heteroatoms. The molecule has 0 saturated carbocycles. The number of nitrogens with two attached hydrogens (primary N) is 1. The monoisotopic (exact) mass is 319 g/mol. The van der Waals surface area contributed by atoms with Gasteiger partial charge in [0.05, 0.1) is 15.1 Å². The average molecular weight is 321 g/mol. The van der Waals surface area contributed by atoms with E-state index in [-0.39, 0.29) is 0 Å². The van der Waals surface area contributed by atoms with E-state index in [1.807, 2.05) is 6.07 Å². The van der Waals surface area contributed by atoms with Crippen molar-refractivity contribution >= 4 is 33.3 Å². The van der Waals surface area contributed by atoms with Crippen LogP contribution in [0.3, 0.4) is 0 Å². The lowest BCUT2D eigenvalue weighted by atomic mass is 9.92. The van der Waals surface area contributed by atoms with E-state index in [2.05, 4.69) is 25.8 Å². The molecule has 2 heterocycles. The largest absolute Gasteiger partial charge is 0.388 e. The predicted octanol–water partition coefficient (Wildman–Crippen LogP) is 1.79. The highest BCUT2D eigenvalue weighted by Crippen LogP contribution is 2.30. The number of anilines is 1. The van der Waals surface area contributed by atoms with E-state index < -0.39 is 5.60 Å². The van der Waals surface area contributed by atoms with Crippen LogP contribution in [0.4, 0.5) is 5.82 Å². The highest BCUT2D eigenvalue weighted by Gasteiger charge is 2.31. The number of rotatable bonds is 2. The Morgan fingerprint density at radius 2 is 2.18 bits per heavy atom. The Morgan fingerprint density at radius 1 is 1.53 bits per heavy atom. The minimum absolute atomic E-state index is 0.316. The first kappa shape index (κ1) is 13.1. The summed E-state index contributed by atoms with van der Waals surface area (Å²) in [7, 11) is 0. The smallest absolute Gasteiger partial charge is 0.142 e. The van der Waals surface area contributed by atoms with Crippen molar-refractivity contribution < 1.29 is 5.11 Å². The van der Waals surface area contributed by atoms with E-state index in [0.717, 1.165) is 23.4 Å². The Morgan fingerprint density at radius 3 is 2.71 bits per heavy atom. The lowest BCUT2D eigenvalue weighted by molar-refractivity contribution is 0.0248. The van der Waals surface area contributed by atoms with Crippen LogP contribution in [0.5, 0.6) is 0 Å². The number of halogens is 2. The quantitative estimate of drug-likeness (QED) is 0.872. The van der Waals surface area contributed by atoms with Crippen LogP contribution in [0.1, 0.15) is 12.8 Å². The van der Waals surface area contributed by atoms with Crippen molar-refractivity contribution in [1.82, 2.24) is 4.98 Å². The van der Waals surface area contributed by atoms with Crippen molar-refractivity contribution in [2.75, 3.05) is 24.5 Å². The van der Waals surface area contributed by atoms with Gasteiger partial charge in [0.1, 0.15) is 5.82 Å². The summed E-state index contributed by atoms with van der Waals surface area (Å²) in [6.07, 6.45) is 2.96. The second kappa shape index (κ2) is 5.10. The molecule has 0 atom stereocenters. The van der Waals surface area contributed by atoms with Crippen LogP contribution in [0.15, 0.2) is 16.7 Å². The van der Waals surface area contributed by atoms with Crippen LogP contribution < -0.4 is 10.6 Å². The molecule has 0 bridgehead atoms. The van der Waals surface area contributed by atoms with Gasteiger partial charge in [0.15, 0.2) is 0 Å². The second-order valence-electron chi connectivity index (χ2n) is 4.37. The van der Waals surface area contributed by atoms with E-state index in [1.54, 1.807) is 6.20 Å². The van der Waals surface area contributed by atoms with E-state index in [4.69, 9.17) is 17.3 Å². The summed E-state index contributed by atoms with van der Waals surface area (Å²) < 4.78 is 0.878. The van der Waals surface area contributed by atoms with E-state index in [0.29, 0.717) is 24.4 Å². The molecule has 0 aliphatic carbocycles. The van der Waals surface area contributed by atoms with E-state index in [9.17, 15) is 5.11 Å². The Labute approximate surface area is 114 Å². The van der Waals surface area contributed by atoms with Gasteiger partial charge >= 0.3 is 0 Å². The van der Waals surface area contributed by atoms with Crippen LogP contribution in [0, 0.1) is 0 Å². The fourth-order valence-corrected chi connectivity index (χ4v) is 2.87. The number of aliphatic hydroxyl groups is 1. The summed E-state index contributed by atoms with van der Waals surface area (Å²) in [6.45, 7) is 1.82. The second-order valence-corrected chi connectivity index (χ2v) is 5.67. The molecule has 0 amide bonds. The molecule has 17 heavy (non-hydrogen) atoms. The maximum atomic E-state index is 10.1. The van der Waals surface area contributed by atoms with Gasteiger partial charge in [0.2, 0.25) is 0 Å². The molecule has 1 aromatic heterocycles. The zero-order valence-corrected chi connectivity index (χ0v) is 11.7. The van der Waals surface area contributed by atoms with Gasteiger partial charge in [0.25, 0.3) is 0 Å². The van der Waals surface area contributed by atoms with Gasteiger partial charge in [-0.25, -0.2) is 4.98 Å². The summed E-state index contributed by atoms with van der Waals surface area (Å²) >= 11 is 9.31. The summed E-state index contributed by atoms with van der Waals surface area (Å²) in [4.78, 5) is 6.44. The molecule has 0 spiro atoms. The van der Waals surface area contributed by atoms with Crippen LogP contribution in [-0.4, -0.2) is 35.3 Å². The molecular weight excluding hydrogens is 305 g/mol. The summed E-state index contributed by atoms with van der Waals surface area (Å²) in [6, 6.07) is 1.83. The number of piperidine rings is 1. The van der Waals surface area contributed by atoms with E-state index >= 15 is 0 Å². The molecule has 0 aromatic carbocycles. The highest BCUT2D eigenvalue weighted by molar-refractivity contribution is 9.10. The molecular formula is C11H15BrClN3O. The third kappa shape index (κ3) is 2.91. The molecule has 4 nitrogen and oxygen atoms in total. The number of nitrogens with zero attached hydrogens (tertiary/aromatic N) is 2. The molecule has 2 rings (SSSR count). The van der Waals surface area contributed by atoms with Crippen LogP contribution >= 0.6 is 27.5 Å². The van der Waals surface area contributed by atoms with Crippen LogP contribution in [-0.2, 0) is 0 Å². The molecule has 94 valence electrons. The lowest BCUT2D eigenvalue weighted by Crippen LogP contribution is -2.49. The topological polar surface area (TPSA) is 62.4 Å². The SMILES string of the molecule is NCC1(O)CCN(c2ncc(Cl)cc2Br)CC1. The number of hydrogen-bond donors (Lipinski definition) is 2. The molecule has 1 aliphatic rings. The van der Waals surface area contributed by atoms with Gasteiger partial charge in [-0.05, 0) is 34.8 Å². The minimum Gasteiger partial charge on any atom is -0.388 e. The van der Waals surface area contributed by atoms with Gasteiger partial charge in [-0.15, -0.1) is 0 Å². The third-order valence-corrected chi connectivity index (χ3v) is 3.95. The Bertz CT molecular complexity index is 408. The van der Waals surface area contributed by atoms with Crippen molar-refractivity contribution in [1.29, 1.82) is 0 Å². The zero-order chi connectivity index (χ0) is 12.5. The van der Waals surface area contributed by atoms with Gasteiger partial charge in [-0.1, -0.05) is 11.6 Å². The molecule has 0 unspecified atom stereocenters. The van der Waals surface area contributed by atoms with Crippen molar-refractivity contribution in [3.05, 3.63) is 21.8 Å². The maximum absolute atomic E-state index is 10.1. The van der Waals surface area contributed by atoms with Gasteiger partial charge < -0.3 is 15.7 Å². The summed E-state index contributed by atoms with van der Waals surface area (Å²) in [5.74, 6) is 0.869. The fraction of sp³-hybridized carbons (Fsp3) is 0.545. The molecule has 1 saturated heterocycles. The zero-order valence-electron chi connectivity index (χ0n) is 9.37. The minimum atomic E-state index is -0.713.